The summed E-state index contributed by atoms with van der Waals surface area (Å²) < 4.78 is 0.782. The van der Waals surface area contributed by atoms with E-state index in [1.165, 1.54) is 0 Å². The third kappa shape index (κ3) is 3.74. The first kappa shape index (κ1) is 19.5. The molecule has 27 heavy (non-hydrogen) atoms. The van der Waals surface area contributed by atoms with E-state index in [2.05, 4.69) is 29.8 Å². The first-order valence-electron chi connectivity index (χ1n) is 9.05. The maximum absolute atomic E-state index is 12.3. The Morgan fingerprint density at radius 2 is 1.70 bits per heavy atom. The highest BCUT2D eigenvalue weighted by Crippen LogP contribution is 2.48. The number of hydrogen-bond donors (Lipinski definition) is 0. The van der Waals surface area contributed by atoms with Crippen LogP contribution in [0.4, 0.5) is 0 Å². The largest absolute Gasteiger partial charge is 0.298 e. The zero-order chi connectivity index (χ0) is 19.6. The van der Waals surface area contributed by atoms with Crippen LogP contribution in [0.15, 0.2) is 70.7 Å². The lowest BCUT2D eigenvalue weighted by Crippen LogP contribution is -2.43. The van der Waals surface area contributed by atoms with Crippen LogP contribution in [0.2, 0.25) is 0 Å². The number of nitrogens with zero attached hydrogens (tertiary/aromatic N) is 1. The summed E-state index contributed by atoms with van der Waals surface area (Å²) in [5.41, 5.74) is 2.21. The molecule has 0 spiro atoms. The number of aldehydes is 1. The zero-order valence-electron chi connectivity index (χ0n) is 15.3. The quantitative estimate of drug-likeness (QED) is 0.365. The van der Waals surface area contributed by atoms with Gasteiger partial charge in [0, 0.05) is 15.0 Å². The number of hydrogen-bond acceptors (Lipinski definition) is 3. The zero-order valence-corrected chi connectivity index (χ0v) is 16.9. The van der Waals surface area contributed by atoms with E-state index in [1.807, 2.05) is 60.7 Å². The summed E-state index contributed by atoms with van der Waals surface area (Å²) in [4.78, 5) is 24.0. The van der Waals surface area contributed by atoms with Crippen molar-refractivity contribution in [2.24, 2.45) is 11.8 Å². The maximum atomic E-state index is 12.3. The molecule has 1 aliphatic carbocycles. The smallest absolute Gasteiger partial charge is 0.231 e. The molecule has 2 aromatic carbocycles. The first-order chi connectivity index (χ1) is 13.0. The predicted octanol–water partition coefficient (Wildman–Crippen LogP) is 5.37. The number of allylic oxidation sites excluding steroid dienone is 1. The summed E-state index contributed by atoms with van der Waals surface area (Å²) >= 11 is 3.52. The molecule has 0 bridgehead atoms. The average molecular weight is 428 g/mol. The molecule has 0 amide bonds. The van der Waals surface area contributed by atoms with E-state index in [0.29, 0.717) is 5.57 Å². The molecule has 0 N–H and O–H groups in total. The molecule has 140 valence electrons. The molecule has 4 nitrogen and oxygen atoms in total. The molecule has 0 aromatic heterocycles. The summed E-state index contributed by atoms with van der Waals surface area (Å²) in [6, 6.07) is 16.2. The van der Waals surface area contributed by atoms with Gasteiger partial charge in [0.1, 0.15) is 6.29 Å². The Kier molecular flexibility index (Phi) is 5.90. The van der Waals surface area contributed by atoms with Gasteiger partial charge in [0.2, 0.25) is 6.04 Å². The van der Waals surface area contributed by atoms with Crippen molar-refractivity contribution in [2.45, 2.75) is 31.7 Å². The third-order valence-electron chi connectivity index (χ3n) is 5.44. The van der Waals surface area contributed by atoms with Crippen molar-refractivity contribution in [2.75, 3.05) is 0 Å². The fourth-order valence-corrected chi connectivity index (χ4v) is 4.75. The standard InChI is InChI=1S/C22H22BrNO3/c1-14(2)18-12-16(13-25)21(17-10-6-7-11-19(17)23)22(24(26)27)20(18)15-8-4-3-5-9-15/h3-14,18,20-22H,1-2H3/t18-,20-,21+,22-/m1/s1. The highest BCUT2D eigenvalue weighted by molar-refractivity contribution is 9.10. The van der Waals surface area contributed by atoms with Crippen LogP contribution in [0.1, 0.15) is 36.8 Å². The van der Waals surface area contributed by atoms with Gasteiger partial charge in [-0.2, -0.15) is 0 Å². The molecule has 5 heteroatoms. The van der Waals surface area contributed by atoms with Gasteiger partial charge in [0.25, 0.3) is 0 Å². The van der Waals surface area contributed by atoms with Crippen molar-refractivity contribution in [3.05, 3.63) is 92.0 Å². The molecule has 4 atom stereocenters. The molecular formula is C22H22BrNO3. The highest BCUT2D eigenvalue weighted by atomic mass is 79.9. The summed E-state index contributed by atoms with van der Waals surface area (Å²) in [6.07, 6.45) is 2.75. The Morgan fingerprint density at radius 3 is 2.26 bits per heavy atom. The van der Waals surface area contributed by atoms with E-state index in [4.69, 9.17) is 0 Å². The average Bonchev–Trinajstić information content (AvgIpc) is 2.67. The summed E-state index contributed by atoms with van der Waals surface area (Å²) in [5, 5.41) is 12.3. The Hall–Kier alpha value is -2.27. The van der Waals surface area contributed by atoms with Crippen LogP contribution in [0.3, 0.4) is 0 Å². The molecule has 0 saturated carbocycles. The second-order valence-corrected chi connectivity index (χ2v) is 8.17. The number of benzene rings is 2. The second-order valence-electron chi connectivity index (χ2n) is 7.32. The van der Waals surface area contributed by atoms with Gasteiger partial charge in [0.15, 0.2) is 0 Å². The van der Waals surface area contributed by atoms with Crippen LogP contribution in [0, 0.1) is 22.0 Å². The SMILES string of the molecule is CC(C)[C@H]1C=C(C=O)[C@@H](c2ccccc2Br)[C@H]([N+](=O)[O-])[C@@H]1c1ccccc1. The van der Waals surface area contributed by atoms with Gasteiger partial charge < -0.3 is 0 Å². The number of carbonyl (C=O) groups excluding carboxylic acids is 1. The number of rotatable bonds is 5. The van der Waals surface area contributed by atoms with Crippen LogP contribution >= 0.6 is 15.9 Å². The Morgan fingerprint density at radius 1 is 1.07 bits per heavy atom. The minimum atomic E-state index is -0.913. The van der Waals surface area contributed by atoms with Gasteiger partial charge in [0.05, 0.1) is 11.8 Å². The molecule has 0 fully saturated rings. The van der Waals surface area contributed by atoms with Gasteiger partial charge in [-0.25, -0.2) is 0 Å². The molecule has 0 saturated heterocycles. The van der Waals surface area contributed by atoms with Crippen LogP contribution in [-0.2, 0) is 4.79 Å². The summed E-state index contributed by atoms with van der Waals surface area (Å²) in [6.45, 7) is 4.10. The molecule has 0 unspecified atom stereocenters. The van der Waals surface area contributed by atoms with Gasteiger partial charge in [-0.15, -0.1) is 0 Å². The van der Waals surface area contributed by atoms with Crippen molar-refractivity contribution in [1.82, 2.24) is 0 Å². The van der Waals surface area contributed by atoms with Crippen LogP contribution in [0.5, 0.6) is 0 Å². The van der Waals surface area contributed by atoms with Gasteiger partial charge in [-0.05, 0) is 29.0 Å². The van der Waals surface area contributed by atoms with E-state index >= 15 is 0 Å². The monoisotopic (exact) mass is 427 g/mol. The Balaban J connectivity index is 2.26. The molecule has 0 aliphatic heterocycles. The van der Waals surface area contributed by atoms with Crippen molar-refractivity contribution in [3.63, 3.8) is 0 Å². The molecule has 1 aliphatic rings. The lowest BCUT2D eigenvalue weighted by Gasteiger charge is -2.39. The molecular weight excluding hydrogens is 406 g/mol. The molecule has 3 rings (SSSR count). The van der Waals surface area contributed by atoms with Crippen LogP contribution in [-0.4, -0.2) is 17.3 Å². The van der Waals surface area contributed by atoms with E-state index in [1.54, 1.807) is 0 Å². The fraction of sp³-hybridized carbons (Fsp3) is 0.318. The van der Waals surface area contributed by atoms with Gasteiger partial charge in [-0.1, -0.05) is 84.4 Å². The normalized spacial score (nSPS) is 25.1. The lowest BCUT2D eigenvalue weighted by molar-refractivity contribution is -0.532. The number of halogens is 1. The number of carbonyl (C=O) groups is 1. The molecule has 2 aromatic rings. The fourth-order valence-electron chi connectivity index (χ4n) is 4.22. The lowest BCUT2D eigenvalue weighted by atomic mass is 9.64. The summed E-state index contributed by atoms with van der Waals surface area (Å²) in [5.74, 6) is -0.801. The first-order valence-corrected chi connectivity index (χ1v) is 9.84. The van der Waals surface area contributed by atoms with Crippen molar-refractivity contribution < 1.29 is 9.72 Å². The van der Waals surface area contributed by atoms with Gasteiger partial charge >= 0.3 is 0 Å². The number of nitro groups is 1. The minimum Gasteiger partial charge on any atom is -0.298 e. The topological polar surface area (TPSA) is 60.2 Å². The maximum Gasteiger partial charge on any atom is 0.231 e. The van der Waals surface area contributed by atoms with E-state index in [9.17, 15) is 14.9 Å². The van der Waals surface area contributed by atoms with E-state index in [-0.39, 0.29) is 22.7 Å². The Bertz CT molecular complexity index is 863. The van der Waals surface area contributed by atoms with Crippen molar-refractivity contribution >= 4 is 22.2 Å². The van der Waals surface area contributed by atoms with Crippen molar-refractivity contribution in [1.29, 1.82) is 0 Å². The van der Waals surface area contributed by atoms with Crippen LogP contribution < -0.4 is 0 Å². The van der Waals surface area contributed by atoms with E-state index < -0.39 is 12.0 Å². The Labute approximate surface area is 167 Å². The van der Waals surface area contributed by atoms with Gasteiger partial charge in [-0.3, -0.25) is 14.9 Å². The second kappa shape index (κ2) is 8.17. The summed E-state index contributed by atoms with van der Waals surface area (Å²) in [7, 11) is 0. The molecule has 0 heterocycles. The highest BCUT2D eigenvalue weighted by Gasteiger charge is 2.50. The van der Waals surface area contributed by atoms with Crippen LogP contribution in [0.25, 0.3) is 0 Å². The predicted molar refractivity (Wildman–Crippen MR) is 109 cm³/mol. The third-order valence-corrected chi connectivity index (χ3v) is 6.16. The van der Waals surface area contributed by atoms with E-state index in [0.717, 1.165) is 21.9 Å². The minimum absolute atomic E-state index is 0.0817. The molecule has 0 radical (unpaired) electrons. The van der Waals surface area contributed by atoms with Crippen molar-refractivity contribution in [3.8, 4) is 0 Å².